The molecule has 9 heteroatoms. The van der Waals surface area contributed by atoms with E-state index in [1.54, 1.807) is 13.3 Å². The van der Waals surface area contributed by atoms with Crippen molar-refractivity contribution in [1.29, 1.82) is 0 Å². The molecule has 0 saturated heterocycles. The fourth-order valence-electron chi connectivity index (χ4n) is 2.77. The monoisotopic (exact) mass is 382 g/mol. The van der Waals surface area contributed by atoms with Gasteiger partial charge in [0.05, 0.1) is 13.7 Å². The van der Waals surface area contributed by atoms with Crippen LogP contribution in [0.3, 0.4) is 0 Å². The van der Waals surface area contributed by atoms with Gasteiger partial charge in [-0.15, -0.1) is 15.3 Å². The molecule has 4 aromatic rings. The molecule has 0 atom stereocenters. The van der Waals surface area contributed by atoms with Crippen molar-refractivity contribution >= 4 is 17.4 Å². The number of hydrogen-bond donors (Lipinski definition) is 0. The first-order valence-corrected chi connectivity index (χ1v) is 9.37. The molecule has 4 rings (SSSR count). The van der Waals surface area contributed by atoms with E-state index < -0.39 is 0 Å². The minimum Gasteiger partial charge on any atom is -0.497 e. The minimum absolute atomic E-state index is 0.136. The fourth-order valence-corrected chi connectivity index (χ4v) is 3.59. The van der Waals surface area contributed by atoms with Crippen LogP contribution in [0.4, 0.5) is 0 Å². The minimum atomic E-state index is -0.136. The quantitative estimate of drug-likeness (QED) is 0.475. The van der Waals surface area contributed by atoms with Crippen LogP contribution in [0.15, 0.2) is 58.6 Å². The molecule has 0 aliphatic carbocycles. The molecule has 3 aromatic heterocycles. The number of rotatable bonds is 6. The molecular formula is C18H18N6O2S. The van der Waals surface area contributed by atoms with Gasteiger partial charge in [0.2, 0.25) is 0 Å². The number of thioether (sulfide) groups is 1. The van der Waals surface area contributed by atoms with Crippen LogP contribution in [0.1, 0.15) is 0 Å². The molecule has 0 unspecified atom stereocenters. The van der Waals surface area contributed by atoms with Crippen LogP contribution in [-0.4, -0.2) is 41.8 Å². The average molecular weight is 382 g/mol. The molecule has 27 heavy (non-hydrogen) atoms. The Hall–Kier alpha value is -3.07. The van der Waals surface area contributed by atoms with E-state index in [1.807, 2.05) is 54.1 Å². The highest BCUT2D eigenvalue weighted by molar-refractivity contribution is 7.99. The molecule has 0 spiro atoms. The molecule has 0 N–H and O–H groups in total. The maximum absolute atomic E-state index is 12.3. The smallest absolute Gasteiger partial charge is 0.350 e. The van der Waals surface area contributed by atoms with Crippen molar-refractivity contribution in [2.24, 2.45) is 7.05 Å². The highest BCUT2D eigenvalue weighted by Crippen LogP contribution is 2.24. The summed E-state index contributed by atoms with van der Waals surface area (Å²) in [7, 11) is 3.57. The number of ether oxygens (including phenoxy) is 1. The number of hydrogen-bond acceptors (Lipinski definition) is 6. The van der Waals surface area contributed by atoms with Crippen molar-refractivity contribution in [2.75, 3.05) is 12.9 Å². The van der Waals surface area contributed by atoms with Gasteiger partial charge in [0.25, 0.3) is 0 Å². The lowest BCUT2D eigenvalue weighted by molar-refractivity contribution is 0.415. The first kappa shape index (κ1) is 17.3. The van der Waals surface area contributed by atoms with Crippen LogP contribution in [0.5, 0.6) is 5.75 Å². The molecule has 0 amide bonds. The Morgan fingerprint density at radius 2 is 1.93 bits per heavy atom. The van der Waals surface area contributed by atoms with E-state index in [0.29, 0.717) is 17.9 Å². The predicted octanol–water partition coefficient (Wildman–Crippen LogP) is 2.09. The van der Waals surface area contributed by atoms with Gasteiger partial charge < -0.3 is 9.30 Å². The average Bonchev–Trinajstić information content (AvgIpc) is 3.23. The van der Waals surface area contributed by atoms with Crippen LogP contribution in [-0.2, 0) is 13.6 Å². The molecule has 1 aromatic carbocycles. The van der Waals surface area contributed by atoms with Gasteiger partial charge in [-0.3, -0.25) is 4.40 Å². The van der Waals surface area contributed by atoms with E-state index in [4.69, 9.17) is 4.74 Å². The number of nitrogens with zero attached hydrogens (tertiary/aromatic N) is 6. The molecule has 138 valence electrons. The third-order valence-corrected chi connectivity index (χ3v) is 5.21. The molecule has 0 radical (unpaired) electrons. The third-order valence-electron chi connectivity index (χ3n) is 4.21. The Morgan fingerprint density at radius 1 is 1.11 bits per heavy atom. The van der Waals surface area contributed by atoms with Gasteiger partial charge in [0.15, 0.2) is 16.6 Å². The number of aromatic nitrogens is 6. The Bertz CT molecular complexity index is 1130. The van der Waals surface area contributed by atoms with Gasteiger partial charge in [-0.1, -0.05) is 17.8 Å². The SMILES string of the molecule is COc1ccc(-c2nnc(SCCn3nc4ccccn4c3=O)n2C)cc1. The lowest BCUT2D eigenvalue weighted by Gasteiger charge is -2.05. The van der Waals surface area contributed by atoms with E-state index in [0.717, 1.165) is 22.3 Å². The lowest BCUT2D eigenvalue weighted by atomic mass is 10.2. The van der Waals surface area contributed by atoms with Gasteiger partial charge in [0, 0.05) is 24.6 Å². The van der Waals surface area contributed by atoms with E-state index in [9.17, 15) is 4.79 Å². The second-order valence-electron chi connectivity index (χ2n) is 5.88. The van der Waals surface area contributed by atoms with Crippen LogP contribution in [0.25, 0.3) is 17.0 Å². The fraction of sp³-hybridized carbons (Fsp3) is 0.222. The van der Waals surface area contributed by atoms with E-state index in [1.165, 1.54) is 20.8 Å². The standard InChI is InChI=1S/C18H18N6O2S/c1-22-16(13-6-8-14(26-2)9-7-13)19-20-17(22)27-12-11-24-18(25)23-10-4-3-5-15(23)21-24/h3-10H,11-12H2,1-2H3. The maximum atomic E-state index is 12.3. The predicted molar refractivity (Wildman–Crippen MR) is 103 cm³/mol. The summed E-state index contributed by atoms with van der Waals surface area (Å²) >= 11 is 1.54. The molecule has 3 heterocycles. The zero-order valence-electron chi connectivity index (χ0n) is 14.9. The van der Waals surface area contributed by atoms with Gasteiger partial charge >= 0.3 is 5.69 Å². The van der Waals surface area contributed by atoms with Crippen LogP contribution < -0.4 is 10.4 Å². The third kappa shape index (κ3) is 3.33. The number of benzene rings is 1. The van der Waals surface area contributed by atoms with Gasteiger partial charge in [0.1, 0.15) is 5.75 Å². The van der Waals surface area contributed by atoms with Crippen molar-refractivity contribution in [3.05, 3.63) is 59.1 Å². The zero-order valence-corrected chi connectivity index (χ0v) is 15.8. The molecule has 0 bridgehead atoms. The lowest BCUT2D eigenvalue weighted by Crippen LogP contribution is -2.22. The van der Waals surface area contributed by atoms with Crippen LogP contribution in [0, 0.1) is 0 Å². The number of aryl methyl sites for hydroxylation is 1. The second-order valence-corrected chi connectivity index (χ2v) is 6.94. The topological polar surface area (TPSA) is 79.2 Å². The van der Waals surface area contributed by atoms with Gasteiger partial charge in [-0.25, -0.2) is 9.48 Å². The summed E-state index contributed by atoms with van der Waals surface area (Å²) in [6.07, 6.45) is 1.72. The second kappa shape index (κ2) is 7.28. The highest BCUT2D eigenvalue weighted by Gasteiger charge is 2.12. The summed E-state index contributed by atoms with van der Waals surface area (Å²) in [5, 5.41) is 13.7. The number of pyridine rings is 1. The summed E-state index contributed by atoms with van der Waals surface area (Å²) in [4.78, 5) is 12.3. The van der Waals surface area contributed by atoms with Crippen molar-refractivity contribution in [2.45, 2.75) is 11.7 Å². The van der Waals surface area contributed by atoms with Crippen molar-refractivity contribution < 1.29 is 4.74 Å². The summed E-state index contributed by atoms with van der Waals surface area (Å²) in [6.45, 7) is 0.496. The Morgan fingerprint density at radius 3 is 2.67 bits per heavy atom. The molecule has 0 aliphatic rings. The van der Waals surface area contributed by atoms with Crippen molar-refractivity contribution in [3.8, 4) is 17.1 Å². The Balaban J connectivity index is 1.46. The zero-order chi connectivity index (χ0) is 18.8. The van der Waals surface area contributed by atoms with Crippen molar-refractivity contribution in [1.82, 2.24) is 28.9 Å². The molecule has 0 fully saturated rings. The molecule has 0 saturated carbocycles. The molecular weight excluding hydrogens is 364 g/mol. The Labute approximate surface area is 159 Å². The van der Waals surface area contributed by atoms with E-state index in [-0.39, 0.29) is 5.69 Å². The highest BCUT2D eigenvalue weighted by atomic mass is 32.2. The summed E-state index contributed by atoms with van der Waals surface area (Å²) in [5.74, 6) is 2.25. The molecule has 0 aliphatic heterocycles. The van der Waals surface area contributed by atoms with Gasteiger partial charge in [-0.2, -0.15) is 0 Å². The van der Waals surface area contributed by atoms with Gasteiger partial charge in [-0.05, 0) is 36.4 Å². The first-order chi connectivity index (χ1) is 13.2. The summed E-state index contributed by atoms with van der Waals surface area (Å²) in [5.41, 5.74) is 1.48. The molecule has 8 nitrogen and oxygen atoms in total. The van der Waals surface area contributed by atoms with E-state index in [2.05, 4.69) is 15.3 Å². The normalized spacial score (nSPS) is 11.2. The Kier molecular flexibility index (Phi) is 4.68. The van der Waals surface area contributed by atoms with Crippen LogP contribution in [0.2, 0.25) is 0 Å². The van der Waals surface area contributed by atoms with E-state index >= 15 is 0 Å². The first-order valence-electron chi connectivity index (χ1n) is 8.38. The van der Waals surface area contributed by atoms with Crippen molar-refractivity contribution in [3.63, 3.8) is 0 Å². The summed E-state index contributed by atoms with van der Waals surface area (Å²) < 4.78 is 10.1. The maximum Gasteiger partial charge on any atom is 0.350 e. The largest absolute Gasteiger partial charge is 0.497 e. The summed E-state index contributed by atoms with van der Waals surface area (Å²) in [6, 6.07) is 13.2. The number of fused-ring (bicyclic) bond motifs is 1. The number of methoxy groups -OCH3 is 1. The van der Waals surface area contributed by atoms with Crippen LogP contribution >= 0.6 is 11.8 Å².